The van der Waals surface area contributed by atoms with Crippen LogP contribution < -0.4 is 5.32 Å². The highest BCUT2D eigenvalue weighted by Crippen LogP contribution is 2.17. The van der Waals surface area contributed by atoms with Crippen LogP contribution in [0, 0.1) is 0 Å². The zero-order chi connectivity index (χ0) is 15.1. The van der Waals surface area contributed by atoms with Gasteiger partial charge in [-0.05, 0) is 26.7 Å². The molecule has 1 saturated carbocycles. The van der Waals surface area contributed by atoms with Crippen molar-refractivity contribution in [2.24, 2.45) is 0 Å². The number of hydrogen-bond acceptors (Lipinski definition) is 4. The SMILES string of the molecule is CC(C)OC(=O)N1CCN(CCNC2CCCCC2)CC1.Cl. The summed E-state index contributed by atoms with van der Waals surface area (Å²) >= 11 is 0. The second-order valence-corrected chi connectivity index (χ2v) is 6.55. The molecular formula is C16H32ClN3O2. The van der Waals surface area contributed by atoms with Gasteiger partial charge in [0.25, 0.3) is 0 Å². The molecular weight excluding hydrogens is 302 g/mol. The average molecular weight is 334 g/mol. The Labute approximate surface area is 141 Å². The van der Waals surface area contributed by atoms with Gasteiger partial charge in [-0.3, -0.25) is 4.90 Å². The molecule has 1 heterocycles. The molecule has 6 heteroatoms. The summed E-state index contributed by atoms with van der Waals surface area (Å²) in [4.78, 5) is 16.1. The van der Waals surface area contributed by atoms with E-state index >= 15 is 0 Å². The van der Waals surface area contributed by atoms with E-state index in [2.05, 4.69) is 10.2 Å². The summed E-state index contributed by atoms with van der Waals surface area (Å²) in [6.07, 6.45) is 6.67. The van der Waals surface area contributed by atoms with Crippen LogP contribution in [0.25, 0.3) is 0 Å². The zero-order valence-corrected chi connectivity index (χ0v) is 14.9. The first kappa shape index (κ1) is 19.5. The van der Waals surface area contributed by atoms with E-state index in [9.17, 15) is 4.79 Å². The predicted octanol–water partition coefficient (Wildman–Crippen LogP) is 2.49. The van der Waals surface area contributed by atoms with Crippen LogP contribution in [0.5, 0.6) is 0 Å². The van der Waals surface area contributed by atoms with Gasteiger partial charge in [0, 0.05) is 45.3 Å². The number of nitrogens with one attached hydrogen (secondary N) is 1. The molecule has 130 valence electrons. The highest BCUT2D eigenvalue weighted by molar-refractivity contribution is 5.85. The average Bonchev–Trinajstić information content (AvgIpc) is 2.48. The smallest absolute Gasteiger partial charge is 0.410 e. The van der Waals surface area contributed by atoms with E-state index < -0.39 is 0 Å². The molecule has 0 bridgehead atoms. The van der Waals surface area contributed by atoms with Crippen molar-refractivity contribution in [1.29, 1.82) is 0 Å². The molecule has 1 aliphatic heterocycles. The van der Waals surface area contributed by atoms with Gasteiger partial charge < -0.3 is 15.0 Å². The number of hydrogen-bond donors (Lipinski definition) is 1. The molecule has 1 amide bonds. The zero-order valence-electron chi connectivity index (χ0n) is 14.1. The predicted molar refractivity (Wildman–Crippen MR) is 91.8 cm³/mol. The number of amides is 1. The van der Waals surface area contributed by atoms with E-state index in [-0.39, 0.29) is 24.6 Å². The third kappa shape index (κ3) is 6.71. The van der Waals surface area contributed by atoms with Crippen molar-refractivity contribution in [1.82, 2.24) is 15.1 Å². The molecule has 0 atom stereocenters. The molecule has 1 saturated heterocycles. The Hall–Kier alpha value is -0.520. The first-order valence-corrected chi connectivity index (χ1v) is 8.56. The fraction of sp³-hybridized carbons (Fsp3) is 0.938. The van der Waals surface area contributed by atoms with Gasteiger partial charge >= 0.3 is 6.09 Å². The van der Waals surface area contributed by atoms with E-state index in [1.165, 1.54) is 32.1 Å². The minimum Gasteiger partial charge on any atom is -0.447 e. The largest absolute Gasteiger partial charge is 0.447 e. The molecule has 2 fully saturated rings. The van der Waals surface area contributed by atoms with Crippen molar-refractivity contribution >= 4 is 18.5 Å². The molecule has 0 aromatic heterocycles. The molecule has 0 unspecified atom stereocenters. The second-order valence-electron chi connectivity index (χ2n) is 6.55. The lowest BCUT2D eigenvalue weighted by molar-refractivity contribution is 0.0572. The summed E-state index contributed by atoms with van der Waals surface area (Å²) in [5.41, 5.74) is 0. The standard InChI is InChI=1S/C16H31N3O2.ClH/c1-14(2)21-16(20)19-12-10-18(11-13-19)9-8-17-15-6-4-3-5-7-15;/h14-15,17H,3-13H2,1-2H3;1H. The number of halogens is 1. The molecule has 5 nitrogen and oxygen atoms in total. The van der Waals surface area contributed by atoms with Crippen LogP contribution in [-0.2, 0) is 4.74 Å². The van der Waals surface area contributed by atoms with Gasteiger partial charge in [-0.15, -0.1) is 12.4 Å². The fourth-order valence-electron chi connectivity index (χ4n) is 3.16. The Morgan fingerprint density at radius 2 is 1.77 bits per heavy atom. The van der Waals surface area contributed by atoms with Crippen LogP contribution in [0.15, 0.2) is 0 Å². The normalized spacial score (nSPS) is 20.8. The van der Waals surface area contributed by atoms with Gasteiger partial charge in [0.2, 0.25) is 0 Å². The van der Waals surface area contributed by atoms with Crippen LogP contribution in [0.1, 0.15) is 46.0 Å². The first-order chi connectivity index (χ1) is 10.1. The number of piperazine rings is 1. The lowest BCUT2D eigenvalue weighted by Gasteiger charge is -2.34. The highest BCUT2D eigenvalue weighted by atomic mass is 35.5. The van der Waals surface area contributed by atoms with Crippen LogP contribution in [0.3, 0.4) is 0 Å². The Kier molecular flexibility index (Phi) is 9.13. The van der Waals surface area contributed by atoms with Gasteiger partial charge in [-0.25, -0.2) is 4.79 Å². The van der Waals surface area contributed by atoms with Crippen molar-refractivity contribution < 1.29 is 9.53 Å². The molecule has 2 rings (SSSR count). The second kappa shape index (κ2) is 10.3. The van der Waals surface area contributed by atoms with E-state index in [1.807, 2.05) is 18.7 Å². The number of rotatable bonds is 5. The van der Waals surface area contributed by atoms with Gasteiger partial charge in [-0.2, -0.15) is 0 Å². The number of carbonyl (C=O) groups is 1. The molecule has 0 aromatic carbocycles. The van der Waals surface area contributed by atoms with Crippen LogP contribution in [0.4, 0.5) is 4.79 Å². The van der Waals surface area contributed by atoms with Gasteiger partial charge in [0.1, 0.15) is 0 Å². The Balaban J connectivity index is 0.00000242. The van der Waals surface area contributed by atoms with E-state index in [4.69, 9.17) is 4.74 Å². The summed E-state index contributed by atoms with van der Waals surface area (Å²) < 4.78 is 5.24. The summed E-state index contributed by atoms with van der Waals surface area (Å²) in [5, 5.41) is 3.68. The van der Waals surface area contributed by atoms with Crippen molar-refractivity contribution in [3.8, 4) is 0 Å². The van der Waals surface area contributed by atoms with Gasteiger partial charge in [0.15, 0.2) is 0 Å². The molecule has 1 N–H and O–H groups in total. The topological polar surface area (TPSA) is 44.8 Å². The monoisotopic (exact) mass is 333 g/mol. The molecule has 22 heavy (non-hydrogen) atoms. The molecule has 0 aromatic rings. The molecule has 0 radical (unpaired) electrons. The van der Waals surface area contributed by atoms with Crippen LogP contribution >= 0.6 is 12.4 Å². The quantitative estimate of drug-likeness (QED) is 0.839. The van der Waals surface area contributed by atoms with E-state index in [0.717, 1.165) is 45.3 Å². The molecule has 1 aliphatic carbocycles. The first-order valence-electron chi connectivity index (χ1n) is 8.56. The minimum absolute atomic E-state index is 0. The summed E-state index contributed by atoms with van der Waals surface area (Å²) in [6.45, 7) is 9.43. The maximum absolute atomic E-state index is 11.8. The van der Waals surface area contributed by atoms with Crippen LogP contribution in [-0.4, -0.2) is 67.3 Å². The maximum atomic E-state index is 11.8. The third-order valence-corrected chi connectivity index (χ3v) is 4.43. The van der Waals surface area contributed by atoms with Gasteiger partial charge in [0.05, 0.1) is 6.10 Å². The van der Waals surface area contributed by atoms with Crippen molar-refractivity contribution in [2.45, 2.75) is 58.1 Å². The van der Waals surface area contributed by atoms with Crippen molar-refractivity contribution in [3.63, 3.8) is 0 Å². The molecule has 2 aliphatic rings. The molecule has 0 spiro atoms. The summed E-state index contributed by atoms with van der Waals surface area (Å²) in [7, 11) is 0. The number of nitrogens with zero attached hydrogens (tertiary/aromatic N) is 2. The summed E-state index contributed by atoms with van der Waals surface area (Å²) in [5.74, 6) is 0. The highest BCUT2D eigenvalue weighted by Gasteiger charge is 2.22. The fourth-order valence-corrected chi connectivity index (χ4v) is 3.16. The van der Waals surface area contributed by atoms with Gasteiger partial charge in [-0.1, -0.05) is 19.3 Å². The Morgan fingerprint density at radius 3 is 2.36 bits per heavy atom. The third-order valence-electron chi connectivity index (χ3n) is 4.43. The summed E-state index contributed by atoms with van der Waals surface area (Å²) in [6, 6.07) is 0.737. The van der Waals surface area contributed by atoms with E-state index in [0.29, 0.717) is 0 Å². The van der Waals surface area contributed by atoms with Crippen molar-refractivity contribution in [2.75, 3.05) is 39.3 Å². The maximum Gasteiger partial charge on any atom is 0.410 e. The number of ether oxygens (including phenoxy) is 1. The Bertz CT molecular complexity index is 315. The van der Waals surface area contributed by atoms with Crippen LogP contribution in [0.2, 0.25) is 0 Å². The number of carbonyl (C=O) groups excluding carboxylic acids is 1. The van der Waals surface area contributed by atoms with Crippen molar-refractivity contribution in [3.05, 3.63) is 0 Å². The Morgan fingerprint density at radius 1 is 1.14 bits per heavy atom. The lowest BCUT2D eigenvalue weighted by atomic mass is 9.95. The van der Waals surface area contributed by atoms with E-state index in [1.54, 1.807) is 0 Å². The lowest BCUT2D eigenvalue weighted by Crippen LogP contribution is -2.50. The minimum atomic E-state index is -0.162.